The predicted molar refractivity (Wildman–Crippen MR) is 78.0 cm³/mol. The van der Waals surface area contributed by atoms with Crippen molar-refractivity contribution in [2.75, 3.05) is 5.32 Å². The fraction of sp³-hybridized carbons (Fsp3) is 0.214. The normalized spacial score (nSPS) is 10.5. The molecule has 1 heterocycles. The second kappa shape index (κ2) is 6.05. The molecule has 0 spiro atoms. The summed E-state index contributed by atoms with van der Waals surface area (Å²) in [5.74, 6) is -1.02. The maximum absolute atomic E-state index is 13.0. The molecule has 2 aromatic rings. The van der Waals surface area contributed by atoms with Gasteiger partial charge in [-0.25, -0.2) is 9.07 Å². The third-order valence-electron chi connectivity index (χ3n) is 2.93. The van der Waals surface area contributed by atoms with E-state index in [1.165, 1.54) is 18.2 Å². The number of halogens is 2. The molecule has 1 aromatic carbocycles. The largest absolute Gasteiger partial charge is 0.324 e. The lowest BCUT2D eigenvalue weighted by Crippen LogP contribution is -2.30. The number of nitrogens with one attached hydrogen (secondary N) is 1. The minimum absolute atomic E-state index is 0.0886. The number of carbonyl (C=O) groups excluding carboxylic acids is 1. The van der Waals surface area contributed by atoms with Crippen molar-refractivity contribution < 1.29 is 9.18 Å². The number of hydrogen-bond acceptors (Lipinski definition) is 3. The molecular weight excluding hydrogens is 297 g/mol. The standard InChI is InChI=1S/C14H13ClFN3O2/c1-8-5-14(21)19(18-9(8)2)7-13(20)17-10-3-4-12(16)11(15)6-10/h3-6H,7H2,1-2H3,(H,17,20). The molecule has 110 valence electrons. The molecular formula is C14H13ClFN3O2. The maximum Gasteiger partial charge on any atom is 0.267 e. The van der Waals surface area contributed by atoms with Gasteiger partial charge >= 0.3 is 0 Å². The van der Waals surface area contributed by atoms with E-state index in [-0.39, 0.29) is 17.1 Å². The van der Waals surface area contributed by atoms with Crippen LogP contribution in [0.4, 0.5) is 10.1 Å². The van der Waals surface area contributed by atoms with Gasteiger partial charge in [0.05, 0.1) is 10.7 Å². The number of aryl methyl sites for hydroxylation is 2. The van der Waals surface area contributed by atoms with Crippen LogP contribution in [0, 0.1) is 19.7 Å². The second-order valence-corrected chi connectivity index (χ2v) is 4.99. The molecule has 0 saturated heterocycles. The molecule has 0 saturated carbocycles. The minimum Gasteiger partial charge on any atom is -0.324 e. The van der Waals surface area contributed by atoms with E-state index in [0.717, 1.165) is 16.3 Å². The van der Waals surface area contributed by atoms with E-state index < -0.39 is 11.7 Å². The predicted octanol–water partition coefficient (Wildman–Crippen LogP) is 2.29. The molecule has 21 heavy (non-hydrogen) atoms. The number of amides is 1. The number of rotatable bonds is 3. The van der Waals surface area contributed by atoms with Crippen LogP contribution in [0.3, 0.4) is 0 Å². The van der Waals surface area contributed by atoms with Gasteiger partial charge in [-0.3, -0.25) is 9.59 Å². The summed E-state index contributed by atoms with van der Waals surface area (Å²) in [5, 5.41) is 6.48. The van der Waals surface area contributed by atoms with Gasteiger partial charge in [0.15, 0.2) is 0 Å². The van der Waals surface area contributed by atoms with E-state index in [1.54, 1.807) is 13.8 Å². The Morgan fingerprint density at radius 1 is 1.38 bits per heavy atom. The molecule has 0 atom stereocenters. The first-order chi connectivity index (χ1) is 9.86. The van der Waals surface area contributed by atoms with Gasteiger partial charge < -0.3 is 5.32 Å². The zero-order valence-corrected chi connectivity index (χ0v) is 12.2. The van der Waals surface area contributed by atoms with Gasteiger partial charge in [0.1, 0.15) is 12.4 Å². The van der Waals surface area contributed by atoms with Crippen molar-refractivity contribution in [2.45, 2.75) is 20.4 Å². The van der Waals surface area contributed by atoms with Crippen LogP contribution in [0.2, 0.25) is 5.02 Å². The number of benzene rings is 1. The first-order valence-electron chi connectivity index (χ1n) is 6.17. The average Bonchev–Trinajstić information content (AvgIpc) is 2.40. The van der Waals surface area contributed by atoms with Crippen molar-refractivity contribution in [3.05, 3.63) is 56.7 Å². The fourth-order valence-corrected chi connectivity index (χ4v) is 1.88. The van der Waals surface area contributed by atoms with E-state index in [4.69, 9.17) is 11.6 Å². The van der Waals surface area contributed by atoms with Gasteiger partial charge in [-0.15, -0.1) is 0 Å². The summed E-state index contributed by atoms with van der Waals surface area (Å²) in [6.45, 7) is 3.30. The van der Waals surface area contributed by atoms with Crippen molar-refractivity contribution in [2.24, 2.45) is 0 Å². The monoisotopic (exact) mass is 309 g/mol. The maximum atomic E-state index is 13.0. The Labute approximate surface area is 125 Å². The molecule has 1 amide bonds. The van der Waals surface area contributed by atoms with Crippen LogP contribution in [0.25, 0.3) is 0 Å². The van der Waals surface area contributed by atoms with E-state index in [9.17, 15) is 14.0 Å². The summed E-state index contributed by atoms with van der Waals surface area (Å²) in [7, 11) is 0. The molecule has 1 aromatic heterocycles. The lowest BCUT2D eigenvalue weighted by molar-refractivity contribution is -0.117. The molecule has 7 heteroatoms. The quantitative estimate of drug-likeness (QED) is 0.946. The zero-order chi connectivity index (χ0) is 15.6. The summed E-state index contributed by atoms with van der Waals surface area (Å²) < 4.78 is 14.1. The van der Waals surface area contributed by atoms with Crippen LogP contribution in [-0.2, 0) is 11.3 Å². The minimum atomic E-state index is -0.568. The highest BCUT2D eigenvalue weighted by atomic mass is 35.5. The summed E-state index contributed by atoms with van der Waals surface area (Å²) in [6, 6.07) is 5.25. The van der Waals surface area contributed by atoms with Crippen molar-refractivity contribution >= 4 is 23.2 Å². The number of anilines is 1. The molecule has 0 unspecified atom stereocenters. The molecule has 1 N–H and O–H groups in total. The highest BCUT2D eigenvalue weighted by Crippen LogP contribution is 2.19. The van der Waals surface area contributed by atoms with Crippen LogP contribution in [0.1, 0.15) is 11.3 Å². The Balaban J connectivity index is 2.13. The average molecular weight is 310 g/mol. The Kier molecular flexibility index (Phi) is 4.37. The van der Waals surface area contributed by atoms with Crippen LogP contribution < -0.4 is 10.9 Å². The third-order valence-corrected chi connectivity index (χ3v) is 3.22. The van der Waals surface area contributed by atoms with Crippen molar-refractivity contribution in [1.29, 1.82) is 0 Å². The Morgan fingerprint density at radius 2 is 2.10 bits per heavy atom. The SMILES string of the molecule is Cc1cc(=O)n(CC(=O)Nc2ccc(F)c(Cl)c2)nc1C. The van der Waals surface area contributed by atoms with Crippen LogP contribution in [-0.4, -0.2) is 15.7 Å². The fourth-order valence-electron chi connectivity index (χ4n) is 1.70. The van der Waals surface area contributed by atoms with Crippen LogP contribution >= 0.6 is 11.6 Å². The van der Waals surface area contributed by atoms with Crippen molar-refractivity contribution in [1.82, 2.24) is 9.78 Å². The van der Waals surface area contributed by atoms with Crippen molar-refractivity contribution in [3.63, 3.8) is 0 Å². The number of aromatic nitrogens is 2. The van der Waals surface area contributed by atoms with Gasteiger partial charge in [-0.2, -0.15) is 5.10 Å². The molecule has 0 aliphatic heterocycles. The molecule has 0 bridgehead atoms. The molecule has 5 nitrogen and oxygen atoms in total. The summed E-state index contributed by atoms with van der Waals surface area (Å²) in [6.07, 6.45) is 0. The topological polar surface area (TPSA) is 64.0 Å². The summed E-state index contributed by atoms with van der Waals surface area (Å²) in [4.78, 5) is 23.6. The molecule has 0 aliphatic carbocycles. The Hall–Kier alpha value is -2.21. The van der Waals surface area contributed by atoms with Gasteiger partial charge in [-0.05, 0) is 37.6 Å². The highest BCUT2D eigenvalue weighted by Gasteiger charge is 2.09. The lowest BCUT2D eigenvalue weighted by Gasteiger charge is -2.08. The van der Waals surface area contributed by atoms with E-state index in [0.29, 0.717) is 11.4 Å². The zero-order valence-electron chi connectivity index (χ0n) is 11.5. The second-order valence-electron chi connectivity index (χ2n) is 4.59. The van der Waals surface area contributed by atoms with Gasteiger partial charge in [0.25, 0.3) is 5.56 Å². The van der Waals surface area contributed by atoms with Crippen LogP contribution in [0.5, 0.6) is 0 Å². The molecule has 0 radical (unpaired) electrons. The first kappa shape index (κ1) is 15.2. The van der Waals surface area contributed by atoms with Crippen molar-refractivity contribution in [3.8, 4) is 0 Å². The molecule has 0 fully saturated rings. The number of hydrogen-bond donors (Lipinski definition) is 1. The van der Waals surface area contributed by atoms with Crippen LogP contribution in [0.15, 0.2) is 29.1 Å². The Morgan fingerprint density at radius 3 is 2.76 bits per heavy atom. The lowest BCUT2D eigenvalue weighted by atomic mass is 10.2. The van der Waals surface area contributed by atoms with E-state index >= 15 is 0 Å². The smallest absolute Gasteiger partial charge is 0.267 e. The van der Waals surface area contributed by atoms with E-state index in [1.807, 2.05) is 0 Å². The number of nitrogens with zero attached hydrogens (tertiary/aromatic N) is 2. The summed E-state index contributed by atoms with van der Waals surface area (Å²) >= 11 is 5.63. The molecule has 0 aliphatic rings. The third kappa shape index (κ3) is 3.66. The summed E-state index contributed by atoms with van der Waals surface area (Å²) in [5.41, 5.74) is 1.43. The van der Waals surface area contributed by atoms with Gasteiger partial charge in [0.2, 0.25) is 5.91 Å². The Bertz CT molecular complexity index is 758. The highest BCUT2D eigenvalue weighted by molar-refractivity contribution is 6.31. The van der Waals surface area contributed by atoms with Gasteiger partial charge in [-0.1, -0.05) is 11.6 Å². The van der Waals surface area contributed by atoms with Gasteiger partial charge in [0, 0.05) is 11.8 Å². The number of carbonyl (C=O) groups is 1. The first-order valence-corrected chi connectivity index (χ1v) is 6.55. The van der Waals surface area contributed by atoms with E-state index in [2.05, 4.69) is 10.4 Å². The molecule has 2 rings (SSSR count).